The highest BCUT2D eigenvalue weighted by molar-refractivity contribution is 9.10. The van der Waals surface area contributed by atoms with E-state index in [0.29, 0.717) is 0 Å². The standard InChI is InChI=1S/C14H17BrN4/c1-9-4-5-11-10(8-9)17-14-18(3)12(6-7-16-2)13(15)19(11)14/h4-5,8,16H,6-7H2,1-3H3. The topological polar surface area (TPSA) is 34.3 Å². The van der Waals surface area contributed by atoms with Gasteiger partial charge in [-0.1, -0.05) is 6.07 Å². The number of hydrogen-bond acceptors (Lipinski definition) is 2. The lowest BCUT2D eigenvalue weighted by molar-refractivity contribution is 0.741. The van der Waals surface area contributed by atoms with Gasteiger partial charge in [-0.3, -0.25) is 4.40 Å². The average Bonchev–Trinajstić information content (AvgIpc) is 2.85. The minimum Gasteiger partial charge on any atom is -0.319 e. The van der Waals surface area contributed by atoms with Gasteiger partial charge in [-0.15, -0.1) is 0 Å². The Balaban J connectivity index is 2.28. The molecule has 0 unspecified atom stereocenters. The number of nitrogens with one attached hydrogen (secondary N) is 1. The van der Waals surface area contributed by atoms with E-state index in [1.165, 1.54) is 11.3 Å². The molecule has 0 fully saturated rings. The average molecular weight is 321 g/mol. The molecule has 1 aromatic carbocycles. The summed E-state index contributed by atoms with van der Waals surface area (Å²) in [5.74, 6) is 0.985. The molecule has 2 heterocycles. The number of hydrogen-bond donors (Lipinski definition) is 1. The van der Waals surface area contributed by atoms with Gasteiger partial charge in [-0.2, -0.15) is 0 Å². The van der Waals surface area contributed by atoms with Crippen LogP contribution in [0, 0.1) is 6.92 Å². The van der Waals surface area contributed by atoms with Crippen LogP contribution < -0.4 is 5.32 Å². The monoisotopic (exact) mass is 320 g/mol. The maximum Gasteiger partial charge on any atom is 0.215 e. The molecule has 4 nitrogen and oxygen atoms in total. The zero-order valence-corrected chi connectivity index (χ0v) is 13.0. The molecular formula is C14H17BrN4. The van der Waals surface area contributed by atoms with Crippen molar-refractivity contribution >= 4 is 32.7 Å². The zero-order valence-electron chi connectivity index (χ0n) is 11.4. The molecule has 0 atom stereocenters. The summed E-state index contributed by atoms with van der Waals surface area (Å²) in [6.07, 6.45) is 0.976. The highest BCUT2D eigenvalue weighted by atomic mass is 79.9. The summed E-state index contributed by atoms with van der Waals surface area (Å²) in [4.78, 5) is 4.74. The second-order valence-electron chi connectivity index (χ2n) is 4.89. The predicted molar refractivity (Wildman–Crippen MR) is 81.7 cm³/mol. The van der Waals surface area contributed by atoms with Crippen LogP contribution in [-0.4, -0.2) is 27.5 Å². The number of aromatic nitrogens is 3. The number of halogens is 1. The van der Waals surface area contributed by atoms with Crippen molar-refractivity contribution in [1.82, 2.24) is 19.3 Å². The Kier molecular flexibility index (Phi) is 3.11. The summed E-state index contributed by atoms with van der Waals surface area (Å²) in [6.45, 7) is 3.05. The van der Waals surface area contributed by atoms with Crippen molar-refractivity contribution in [3.63, 3.8) is 0 Å². The summed E-state index contributed by atoms with van der Waals surface area (Å²) in [5.41, 5.74) is 4.70. The third-order valence-corrected chi connectivity index (χ3v) is 4.36. The van der Waals surface area contributed by atoms with E-state index in [-0.39, 0.29) is 0 Å². The molecule has 0 amide bonds. The van der Waals surface area contributed by atoms with Gasteiger partial charge in [0, 0.05) is 20.0 Å². The molecule has 1 N–H and O–H groups in total. The van der Waals surface area contributed by atoms with Crippen LogP contribution in [0.3, 0.4) is 0 Å². The Morgan fingerprint density at radius 3 is 2.89 bits per heavy atom. The summed E-state index contributed by atoms with van der Waals surface area (Å²) in [6, 6.07) is 6.39. The van der Waals surface area contributed by atoms with Gasteiger partial charge in [-0.25, -0.2) is 4.98 Å². The molecule has 0 aliphatic rings. The normalized spacial score (nSPS) is 11.8. The van der Waals surface area contributed by atoms with Crippen molar-refractivity contribution in [2.75, 3.05) is 13.6 Å². The molecule has 0 bridgehead atoms. The van der Waals surface area contributed by atoms with Gasteiger partial charge in [-0.05, 0) is 47.6 Å². The molecule has 0 spiro atoms. The summed E-state index contributed by atoms with van der Waals surface area (Å²) in [5, 5.41) is 3.19. The largest absolute Gasteiger partial charge is 0.319 e. The molecule has 0 radical (unpaired) electrons. The molecule has 3 rings (SSSR count). The molecule has 100 valence electrons. The summed E-state index contributed by atoms with van der Waals surface area (Å²) in [7, 11) is 4.05. The Morgan fingerprint density at radius 1 is 1.37 bits per heavy atom. The Bertz CT molecular complexity index is 754. The minimum absolute atomic E-state index is 0.955. The first-order valence-corrected chi connectivity index (χ1v) is 7.19. The van der Waals surface area contributed by atoms with E-state index in [1.54, 1.807) is 0 Å². The maximum atomic E-state index is 4.74. The van der Waals surface area contributed by atoms with E-state index >= 15 is 0 Å². The minimum atomic E-state index is 0.955. The van der Waals surface area contributed by atoms with Crippen LogP contribution in [0.5, 0.6) is 0 Å². The lowest BCUT2D eigenvalue weighted by atomic mass is 10.2. The first kappa shape index (κ1) is 12.7. The summed E-state index contributed by atoms with van der Waals surface area (Å²) < 4.78 is 5.45. The molecule has 5 heteroatoms. The molecule has 3 aromatic rings. The van der Waals surface area contributed by atoms with Crippen molar-refractivity contribution in [1.29, 1.82) is 0 Å². The lowest BCUT2D eigenvalue weighted by Crippen LogP contribution is -2.12. The van der Waals surface area contributed by atoms with E-state index in [0.717, 1.165) is 34.4 Å². The molecule has 19 heavy (non-hydrogen) atoms. The fraction of sp³-hybridized carbons (Fsp3) is 0.357. The van der Waals surface area contributed by atoms with Gasteiger partial charge in [0.1, 0.15) is 4.60 Å². The van der Waals surface area contributed by atoms with Crippen molar-refractivity contribution in [2.45, 2.75) is 13.3 Å². The van der Waals surface area contributed by atoms with Crippen LogP contribution in [0.1, 0.15) is 11.3 Å². The van der Waals surface area contributed by atoms with E-state index in [4.69, 9.17) is 4.98 Å². The second-order valence-corrected chi connectivity index (χ2v) is 5.64. The molecular weight excluding hydrogens is 304 g/mol. The van der Waals surface area contributed by atoms with E-state index in [2.05, 4.69) is 62.4 Å². The molecule has 0 aliphatic carbocycles. The number of nitrogens with zero attached hydrogens (tertiary/aromatic N) is 3. The molecule has 2 aromatic heterocycles. The van der Waals surface area contributed by atoms with E-state index < -0.39 is 0 Å². The van der Waals surface area contributed by atoms with Crippen LogP contribution in [-0.2, 0) is 13.5 Å². The Labute approximate surface area is 120 Å². The van der Waals surface area contributed by atoms with Gasteiger partial charge < -0.3 is 9.88 Å². The number of likely N-dealkylation sites (N-methyl/N-ethyl adjacent to an activating group) is 1. The van der Waals surface area contributed by atoms with E-state index in [1.807, 2.05) is 7.05 Å². The Morgan fingerprint density at radius 2 is 2.16 bits per heavy atom. The van der Waals surface area contributed by atoms with Crippen LogP contribution in [0.4, 0.5) is 0 Å². The highest BCUT2D eigenvalue weighted by Crippen LogP contribution is 2.27. The number of rotatable bonds is 3. The van der Waals surface area contributed by atoms with Crippen LogP contribution >= 0.6 is 15.9 Å². The van der Waals surface area contributed by atoms with Crippen LogP contribution in [0.15, 0.2) is 22.8 Å². The van der Waals surface area contributed by atoms with Crippen molar-refractivity contribution in [3.8, 4) is 0 Å². The Hall–Kier alpha value is -1.33. The fourth-order valence-electron chi connectivity index (χ4n) is 2.50. The van der Waals surface area contributed by atoms with Crippen molar-refractivity contribution in [2.24, 2.45) is 7.05 Å². The molecule has 0 saturated carbocycles. The number of benzene rings is 1. The fourth-order valence-corrected chi connectivity index (χ4v) is 3.31. The SMILES string of the molecule is CNCCc1c(Br)n2c3ccc(C)cc3nc2n1C. The quantitative estimate of drug-likeness (QED) is 0.805. The number of fused-ring (bicyclic) bond motifs is 3. The van der Waals surface area contributed by atoms with Crippen molar-refractivity contribution in [3.05, 3.63) is 34.1 Å². The first-order valence-electron chi connectivity index (χ1n) is 6.40. The third kappa shape index (κ3) is 1.88. The van der Waals surface area contributed by atoms with E-state index in [9.17, 15) is 0 Å². The van der Waals surface area contributed by atoms with Crippen molar-refractivity contribution < 1.29 is 0 Å². The van der Waals surface area contributed by atoms with Gasteiger partial charge in [0.2, 0.25) is 5.78 Å². The van der Waals surface area contributed by atoms with Crippen LogP contribution in [0.2, 0.25) is 0 Å². The predicted octanol–water partition coefficient (Wildman–Crippen LogP) is 2.66. The lowest BCUT2D eigenvalue weighted by Gasteiger charge is -2.03. The zero-order chi connectivity index (χ0) is 13.6. The first-order chi connectivity index (χ1) is 9.13. The highest BCUT2D eigenvalue weighted by Gasteiger charge is 2.17. The number of imidazole rings is 2. The van der Waals surface area contributed by atoms with Crippen LogP contribution in [0.25, 0.3) is 16.8 Å². The van der Waals surface area contributed by atoms with Gasteiger partial charge >= 0.3 is 0 Å². The second kappa shape index (κ2) is 4.65. The third-order valence-electron chi connectivity index (χ3n) is 3.54. The van der Waals surface area contributed by atoms with Gasteiger partial charge in [0.15, 0.2) is 0 Å². The number of aryl methyl sites for hydroxylation is 2. The molecule has 0 saturated heterocycles. The van der Waals surface area contributed by atoms with Gasteiger partial charge in [0.05, 0.1) is 16.7 Å². The summed E-state index contributed by atoms with van der Waals surface area (Å²) >= 11 is 3.73. The smallest absolute Gasteiger partial charge is 0.215 e. The van der Waals surface area contributed by atoms with Gasteiger partial charge in [0.25, 0.3) is 0 Å². The molecule has 0 aliphatic heterocycles. The maximum absolute atomic E-state index is 4.74.